The van der Waals surface area contributed by atoms with Crippen LogP contribution in [-0.4, -0.2) is 251 Å². The molecule has 6 rings (SSSR count). The smallest absolute Gasteiger partial charge is 0.248 e. The lowest BCUT2D eigenvalue weighted by Gasteiger charge is -2.45. The van der Waals surface area contributed by atoms with Crippen molar-refractivity contribution in [2.75, 3.05) is 82.1 Å². The molecule has 2 aliphatic carbocycles. The van der Waals surface area contributed by atoms with Crippen LogP contribution in [0.2, 0.25) is 5.02 Å². The van der Waals surface area contributed by atoms with E-state index < -0.39 is 160 Å². The van der Waals surface area contributed by atoms with Crippen LogP contribution in [0.4, 0.5) is 0 Å². The molecule has 5 fully saturated rings. The molecule has 24 nitrogen and oxygen atoms in total. The summed E-state index contributed by atoms with van der Waals surface area (Å²) < 4.78 is -1.84. The zero-order valence-corrected chi connectivity index (χ0v) is 63.1. The number of hydrogen-bond acceptors (Lipinski definition) is 12. The van der Waals surface area contributed by atoms with Crippen molar-refractivity contribution in [1.29, 1.82) is 0 Å². The van der Waals surface area contributed by atoms with E-state index in [9.17, 15) is 47.9 Å². The second-order valence-corrected chi connectivity index (χ2v) is 31.7. The van der Waals surface area contributed by atoms with Crippen LogP contribution >= 0.6 is 46.4 Å². The zero-order chi connectivity index (χ0) is 73.0. The molecule has 3 N–H and O–H groups in total. The van der Waals surface area contributed by atoms with Gasteiger partial charge in [-0.15, -0.1) is 0 Å². The third-order valence-corrected chi connectivity index (χ3v) is 22.0. The number of aryl methyl sites for hydroxylation is 1. The maximum absolute atomic E-state index is 15.3. The number of likely N-dealkylation sites (tertiary alicyclic amines) is 1. The summed E-state index contributed by atoms with van der Waals surface area (Å²) in [6.07, 6.45) is 8.86. The molecule has 0 radical (unpaired) electrons. The lowest BCUT2D eigenvalue weighted by molar-refractivity contribution is -0.160. The highest BCUT2D eigenvalue weighted by Crippen LogP contribution is 2.42. The molecule has 3 aliphatic heterocycles. The molecule has 12 amide bonds. The SMILES string of the molecule is CC[C@H](C)C1NC(=O)C(CC(C)C)N(C)C(=O)CC(C(=O)N2CCCCC2)N(C)C(=O)C(C(C)C)N(C)C(=O)C2(CCCC2)NC(=O)CN(C)C(=O)C(CCc2ccc(C(Cl)(Cl)Cl)c(Cl)c2)NC(=O)CN(C)C(=O)C(CC2CCCCC2)N(C)C(=O)C2CCN2C(=O)C(C)N(C)C1=O. The van der Waals surface area contributed by atoms with E-state index in [0.717, 1.165) is 43.4 Å². The largest absolute Gasteiger partial charge is 0.343 e. The molecule has 1 aromatic carbocycles. The van der Waals surface area contributed by atoms with E-state index in [1.54, 1.807) is 44.7 Å². The van der Waals surface area contributed by atoms with E-state index in [4.69, 9.17) is 46.4 Å². The monoisotopic (exact) mass is 1450 g/mol. The van der Waals surface area contributed by atoms with Gasteiger partial charge in [0.25, 0.3) is 0 Å². The van der Waals surface area contributed by atoms with Gasteiger partial charge in [-0.2, -0.15) is 0 Å². The molecule has 3 heterocycles. The van der Waals surface area contributed by atoms with E-state index in [2.05, 4.69) is 16.0 Å². The molecule has 0 bridgehead atoms. The van der Waals surface area contributed by atoms with E-state index in [-0.39, 0.29) is 73.9 Å². The van der Waals surface area contributed by atoms with Crippen LogP contribution in [-0.2, 0) is 67.7 Å². The Labute approximate surface area is 599 Å². The van der Waals surface area contributed by atoms with Crippen LogP contribution in [0.15, 0.2) is 18.2 Å². The van der Waals surface area contributed by atoms with Crippen molar-refractivity contribution in [2.45, 2.75) is 228 Å². The number of alkyl halides is 3. The average molecular weight is 1450 g/mol. The summed E-state index contributed by atoms with van der Waals surface area (Å²) in [5.41, 5.74) is -0.717. The van der Waals surface area contributed by atoms with E-state index in [1.807, 2.05) is 20.8 Å². The van der Waals surface area contributed by atoms with Crippen molar-refractivity contribution in [1.82, 2.24) is 60.0 Å². The fourth-order valence-corrected chi connectivity index (χ4v) is 15.5. The molecule has 0 aromatic heterocycles. The first-order valence-corrected chi connectivity index (χ1v) is 36.7. The van der Waals surface area contributed by atoms with E-state index in [0.29, 0.717) is 50.8 Å². The van der Waals surface area contributed by atoms with Crippen molar-refractivity contribution in [3.05, 3.63) is 34.3 Å². The van der Waals surface area contributed by atoms with Gasteiger partial charge in [0.2, 0.25) is 74.7 Å². The molecule has 1 aromatic rings. The van der Waals surface area contributed by atoms with Gasteiger partial charge in [0.1, 0.15) is 53.9 Å². The van der Waals surface area contributed by atoms with Gasteiger partial charge in [0, 0.05) is 79.6 Å². The van der Waals surface area contributed by atoms with Crippen molar-refractivity contribution in [3.8, 4) is 0 Å². The summed E-state index contributed by atoms with van der Waals surface area (Å²) in [6.45, 7) is 12.2. The van der Waals surface area contributed by atoms with Gasteiger partial charge in [0.05, 0.1) is 19.5 Å². The predicted molar refractivity (Wildman–Crippen MR) is 376 cm³/mol. The fourth-order valence-electron chi connectivity index (χ4n) is 14.6. The molecule has 1 spiro atoms. The van der Waals surface area contributed by atoms with Crippen LogP contribution in [0.1, 0.15) is 175 Å². The minimum Gasteiger partial charge on any atom is -0.343 e. The standard InChI is InChI=1S/C70H108Cl4N12O12/c1-15-44(6)58-66(96)80(10)45(7)61(91)86-35-30-51(86)64(94)82(12)53(38-46-24-18-16-19-25-46)63(93)79(9)40-55(87)75-50(29-27-47-26-28-48(49(71)37-47)70(72,73)74)62(92)78(8)41-56(88)77-69(31-20-21-32-69)68(98)84(14)59(43(4)5)67(97)83(13)54(65(95)85-33-22-17-23-34-85)39-57(89)81(11)52(36-42(2)3)60(90)76-58/h26,28,37,42-46,50-54,58-59H,15-25,27,29-36,38-41H2,1-14H3,(H,75,87)(H,76,90)(H,77,88)/t44-,45?,50?,51?,52?,53?,54?,58?,59?/m0/s1. The molecule has 2 saturated carbocycles. The van der Waals surface area contributed by atoms with E-state index in [1.165, 1.54) is 89.7 Å². The molecule has 28 heteroatoms. The minimum absolute atomic E-state index is 0.0480. The summed E-state index contributed by atoms with van der Waals surface area (Å²) in [4.78, 5) is 190. The highest BCUT2D eigenvalue weighted by atomic mass is 35.6. The number of likely N-dealkylation sites (N-methyl/N-ethyl adjacent to an activating group) is 7. The van der Waals surface area contributed by atoms with Gasteiger partial charge in [-0.3, -0.25) is 57.5 Å². The Morgan fingerprint density at radius 1 is 0.643 bits per heavy atom. The van der Waals surface area contributed by atoms with Crippen molar-refractivity contribution >= 4 is 117 Å². The first-order valence-electron chi connectivity index (χ1n) is 35.1. The molecule has 8 unspecified atom stereocenters. The number of carbonyl (C=O) groups is 12. The van der Waals surface area contributed by atoms with Gasteiger partial charge in [0.15, 0.2) is 0 Å². The summed E-state index contributed by atoms with van der Waals surface area (Å²) in [6, 6.07) is -4.74. The van der Waals surface area contributed by atoms with Crippen LogP contribution in [0.3, 0.4) is 0 Å². The molecule has 3 saturated heterocycles. The topological polar surface area (TPSA) is 270 Å². The number of rotatable bonds is 11. The Morgan fingerprint density at radius 2 is 1.24 bits per heavy atom. The van der Waals surface area contributed by atoms with Crippen LogP contribution in [0, 0.1) is 23.7 Å². The molecular formula is C70H108Cl4N12O12. The number of nitrogens with zero attached hydrogens (tertiary/aromatic N) is 9. The van der Waals surface area contributed by atoms with E-state index >= 15 is 9.59 Å². The molecule has 9 atom stereocenters. The maximum Gasteiger partial charge on any atom is 0.248 e. The average Bonchev–Trinajstić information content (AvgIpc) is 1.17. The van der Waals surface area contributed by atoms with Gasteiger partial charge < -0.3 is 60.0 Å². The first kappa shape index (κ1) is 81.0. The van der Waals surface area contributed by atoms with Gasteiger partial charge in [-0.1, -0.05) is 151 Å². The number of fused-ring (bicyclic) bond motifs is 1. The molecule has 548 valence electrons. The Balaban J connectivity index is 1.41. The number of hydrogen-bond donors (Lipinski definition) is 3. The maximum atomic E-state index is 15.3. The second kappa shape index (κ2) is 35.6. The summed E-state index contributed by atoms with van der Waals surface area (Å²) >= 11 is 25.1. The van der Waals surface area contributed by atoms with Crippen LogP contribution < -0.4 is 16.0 Å². The van der Waals surface area contributed by atoms with Gasteiger partial charge >= 0.3 is 0 Å². The quantitative estimate of drug-likeness (QED) is 0.206. The number of carbonyl (C=O) groups excluding carboxylic acids is 12. The summed E-state index contributed by atoms with van der Waals surface area (Å²) in [5.74, 6) is -8.51. The zero-order valence-electron chi connectivity index (χ0n) is 60.1. The first-order chi connectivity index (χ1) is 46.0. The Hall–Kier alpha value is -5.98. The number of benzene rings is 1. The number of piperidine rings is 1. The third-order valence-electron chi connectivity index (χ3n) is 21.1. The number of amides is 12. The number of nitrogens with one attached hydrogen (secondary N) is 3. The molecular weight excluding hydrogens is 1340 g/mol. The van der Waals surface area contributed by atoms with Crippen molar-refractivity contribution in [3.63, 3.8) is 0 Å². The highest BCUT2D eigenvalue weighted by Gasteiger charge is 2.50. The lowest BCUT2D eigenvalue weighted by atomic mass is 9.84. The summed E-state index contributed by atoms with van der Waals surface area (Å²) in [5, 5.41) is 8.84. The van der Waals surface area contributed by atoms with Crippen molar-refractivity contribution in [2.24, 2.45) is 23.7 Å². The Bertz CT molecular complexity index is 3060. The predicted octanol–water partition coefficient (Wildman–Crippen LogP) is 6.31. The third kappa shape index (κ3) is 20.0. The Kier molecular flexibility index (Phi) is 29.4. The van der Waals surface area contributed by atoms with Crippen LogP contribution in [0.25, 0.3) is 0 Å². The fraction of sp³-hybridized carbons (Fsp3) is 0.743. The molecule has 5 aliphatic rings. The van der Waals surface area contributed by atoms with Gasteiger partial charge in [-0.05, 0) is 106 Å². The van der Waals surface area contributed by atoms with Crippen LogP contribution in [0.5, 0.6) is 0 Å². The summed E-state index contributed by atoms with van der Waals surface area (Å²) in [7, 11) is 10.1. The van der Waals surface area contributed by atoms with Crippen molar-refractivity contribution < 1.29 is 57.5 Å². The lowest BCUT2D eigenvalue weighted by Crippen LogP contribution is -2.65. The second-order valence-electron chi connectivity index (χ2n) is 29.0. The van der Waals surface area contributed by atoms with Gasteiger partial charge in [-0.25, -0.2) is 0 Å². The Morgan fingerprint density at radius 3 is 1.81 bits per heavy atom. The number of halogens is 4. The minimum atomic E-state index is -1.84. The normalized spacial score (nSPS) is 26.8. The highest BCUT2D eigenvalue weighted by molar-refractivity contribution is 6.67. The molecule has 98 heavy (non-hydrogen) atoms.